The van der Waals surface area contributed by atoms with Crippen molar-refractivity contribution in [2.75, 3.05) is 0 Å². The van der Waals surface area contributed by atoms with E-state index in [0.29, 0.717) is 0 Å². The van der Waals surface area contributed by atoms with Crippen LogP contribution < -0.4 is 0 Å². The minimum absolute atomic E-state index is 1.23. The van der Waals surface area contributed by atoms with Crippen molar-refractivity contribution in [2.45, 2.75) is 129 Å². The highest BCUT2D eigenvalue weighted by atomic mass is 32.1. The Bertz CT molecular complexity index is 1930. The molecule has 7 aromatic rings. The van der Waals surface area contributed by atoms with E-state index in [1.807, 2.05) is 56.7 Å². The zero-order valence-corrected chi connectivity index (χ0v) is 33.6. The molecule has 0 saturated heterocycles. The van der Waals surface area contributed by atoms with Crippen LogP contribution in [-0.4, -0.2) is 0 Å². The van der Waals surface area contributed by atoms with Crippen LogP contribution in [0.1, 0.15) is 128 Å². The molecule has 0 bridgehead atoms. The highest BCUT2D eigenvalue weighted by Gasteiger charge is 2.14. The Morgan fingerprint density at radius 3 is 1.20 bits per heavy atom. The average Bonchev–Trinajstić information content (AvgIpc) is 3.94. The summed E-state index contributed by atoms with van der Waals surface area (Å²) in [6, 6.07) is 19.7. The van der Waals surface area contributed by atoms with Crippen molar-refractivity contribution in [2.24, 2.45) is 0 Å². The highest BCUT2D eigenvalue weighted by Crippen LogP contribution is 2.45. The molecule has 7 rings (SSSR count). The van der Waals surface area contributed by atoms with Crippen molar-refractivity contribution in [1.29, 1.82) is 0 Å². The van der Waals surface area contributed by atoms with Crippen molar-refractivity contribution in [1.82, 2.24) is 0 Å². The summed E-state index contributed by atoms with van der Waals surface area (Å²) < 4.78 is 5.66. The first-order chi connectivity index (χ1) is 24.2. The Labute approximate surface area is 314 Å². The van der Waals surface area contributed by atoms with Gasteiger partial charge in [0.2, 0.25) is 0 Å². The summed E-state index contributed by atoms with van der Waals surface area (Å²) in [4.78, 5) is 5.72. The van der Waals surface area contributed by atoms with Crippen LogP contribution in [0.5, 0.6) is 0 Å². The highest BCUT2D eigenvalue weighted by molar-refractivity contribution is 7.29. The number of thiophene rings is 5. The number of benzene rings is 2. The number of rotatable bonds is 20. The predicted octanol–water partition coefficient (Wildman–Crippen LogP) is 17.3. The first-order valence-electron chi connectivity index (χ1n) is 19.2. The van der Waals surface area contributed by atoms with E-state index in [4.69, 9.17) is 0 Å². The van der Waals surface area contributed by atoms with E-state index >= 15 is 0 Å². The van der Waals surface area contributed by atoms with Gasteiger partial charge in [-0.1, -0.05) is 104 Å². The molecule has 5 heteroatoms. The van der Waals surface area contributed by atoms with Crippen LogP contribution in [0.25, 0.3) is 59.9 Å². The minimum Gasteiger partial charge on any atom is -0.143 e. The lowest BCUT2D eigenvalue weighted by atomic mass is 10.1. The first kappa shape index (κ1) is 35.4. The van der Waals surface area contributed by atoms with Gasteiger partial charge in [0.25, 0.3) is 0 Å². The van der Waals surface area contributed by atoms with Gasteiger partial charge in [-0.2, -0.15) is 0 Å². The van der Waals surface area contributed by atoms with Crippen LogP contribution in [0, 0.1) is 0 Å². The molecule has 258 valence electrons. The molecule has 0 saturated carbocycles. The third-order valence-electron chi connectivity index (χ3n) is 10.2. The van der Waals surface area contributed by atoms with E-state index < -0.39 is 0 Å². The maximum absolute atomic E-state index is 2.47. The molecule has 0 aliphatic carbocycles. The molecular weight excluding hydrogens is 689 g/mol. The summed E-state index contributed by atoms with van der Waals surface area (Å²) in [5.74, 6) is 0. The summed E-state index contributed by atoms with van der Waals surface area (Å²) in [5, 5.41) is 10.4. The number of fused-ring (bicyclic) bond motifs is 5. The monoisotopic (exact) mass is 740 g/mol. The van der Waals surface area contributed by atoms with Gasteiger partial charge in [0, 0.05) is 49.1 Å². The fraction of sp³-hybridized carbons (Fsp3) is 0.455. The normalized spacial score (nSPS) is 12.1. The summed E-state index contributed by atoms with van der Waals surface area (Å²) in [7, 11) is 0. The zero-order valence-electron chi connectivity index (χ0n) is 29.5. The molecule has 0 nitrogen and oxygen atoms in total. The molecule has 0 atom stereocenters. The molecule has 0 amide bonds. The predicted molar refractivity (Wildman–Crippen MR) is 229 cm³/mol. The summed E-state index contributed by atoms with van der Waals surface area (Å²) in [6.07, 6.45) is 24.6. The molecule has 0 spiro atoms. The van der Waals surface area contributed by atoms with Crippen molar-refractivity contribution in [3.05, 3.63) is 70.4 Å². The van der Waals surface area contributed by atoms with Crippen molar-refractivity contribution < 1.29 is 0 Å². The van der Waals surface area contributed by atoms with E-state index in [-0.39, 0.29) is 0 Å². The molecule has 49 heavy (non-hydrogen) atoms. The third kappa shape index (κ3) is 8.90. The number of hydrogen-bond acceptors (Lipinski definition) is 5. The second-order valence-corrected chi connectivity index (χ2v) is 19.3. The third-order valence-corrected chi connectivity index (χ3v) is 15.8. The van der Waals surface area contributed by atoms with Gasteiger partial charge < -0.3 is 0 Å². The smallest absolute Gasteiger partial charge is 0.0455 e. The molecular formula is C44H52S5. The quantitative estimate of drug-likeness (QED) is 0.0683. The Hall–Kier alpha value is -2.02. The van der Waals surface area contributed by atoms with E-state index in [1.165, 1.54) is 187 Å². The van der Waals surface area contributed by atoms with Crippen molar-refractivity contribution in [3.8, 4) is 19.5 Å². The standard InChI is InChI=1S/C44H52S5/c1-3-5-7-9-11-13-15-17-19-31-21-41(45-29-31)43-25-33-23-35-36-24-34-26-44(48-38(34)28-40(36)49-39(35)27-37(33)47-43)42-22-32(30-46-42)20-18-16-14-12-10-8-6-4-2/h21-30H,3-20H2,1-2H3. The van der Waals surface area contributed by atoms with Gasteiger partial charge in [0.1, 0.15) is 0 Å². The number of unbranched alkanes of at least 4 members (excludes halogenated alkanes) is 14. The summed E-state index contributed by atoms with van der Waals surface area (Å²) in [6.45, 7) is 4.60. The van der Waals surface area contributed by atoms with Gasteiger partial charge in [-0.05, 0) is 107 Å². The van der Waals surface area contributed by atoms with Crippen molar-refractivity contribution in [3.63, 3.8) is 0 Å². The number of hydrogen-bond donors (Lipinski definition) is 0. The largest absolute Gasteiger partial charge is 0.143 e. The van der Waals surface area contributed by atoms with Crippen LogP contribution in [0.3, 0.4) is 0 Å². The Kier molecular flexibility index (Phi) is 12.6. The van der Waals surface area contributed by atoms with E-state index in [2.05, 4.69) is 73.1 Å². The van der Waals surface area contributed by atoms with E-state index in [9.17, 15) is 0 Å². The maximum atomic E-state index is 2.47. The molecule has 0 aliphatic rings. The van der Waals surface area contributed by atoms with Gasteiger partial charge in [-0.15, -0.1) is 56.7 Å². The van der Waals surface area contributed by atoms with Gasteiger partial charge in [-0.25, -0.2) is 0 Å². The molecule has 0 fully saturated rings. The molecule has 5 heterocycles. The van der Waals surface area contributed by atoms with Crippen molar-refractivity contribution >= 4 is 97.0 Å². The van der Waals surface area contributed by atoms with E-state index in [1.54, 1.807) is 0 Å². The lowest BCUT2D eigenvalue weighted by molar-refractivity contribution is 0.576. The fourth-order valence-corrected chi connectivity index (χ4v) is 12.8. The Morgan fingerprint density at radius 2 is 0.776 bits per heavy atom. The summed E-state index contributed by atoms with van der Waals surface area (Å²) in [5.41, 5.74) is 3.05. The van der Waals surface area contributed by atoms with E-state index in [0.717, 1.165) is 0 Å². The SMILES string of the molecule is CCCCCCCCCCc1csc(-c2cc3cc4c(cc3s2)sc2cc3sc(-c5cc(CCCCCCCCCC)cs5)cc3cc24)c1. The molecule has 0 radical (unpaired) electrons. The molecule has 5 aromatic heterocycles. The molecule has 0 aliphatic heterocycles. The zero-order chi connectivity index (χ0) is 33.4. The Balaban J connectivity index is 0.995. The lowest BCUT2D eigenvalue weighted by Crippen LogP contribution is -1.84. The fourth-order valence-electron chi connectivity index (χ4n) is 7.29. The average molecular weight is 741 g/mol. The van der Waals surface area contributed by atoms with Crippen LogP contribution in [0.4, 0.5) is 0 Å². The maximum Gasteiger partial charge on any atom is 0.0455 e. The second kappa shape index (κ2) is 17.5. The second-order valence-electron chi connectivity index (χ2n) is 14.2. The minimum atomic E-state index is 1.23. The van der Waals surface area contributed by atoms with Gasteiger partial charge in [-0.3, -0.25) is 0 Å². The number of aryl methyl sites for hydroxylation is 2. The Morgan fingerprint density at radius 1 is 0.367 bits per heavy atom. The molecule has 2 aromatic carbocycles. The van der Waals surface area contributed by atoms with Gasteiger partial charge in [0.05, 0.1) is 0 Å². The molecule has 0 unspecified atom stereocenters. The van der Waals surface area contributed by atoms with Gasteiger partial charge >= 0.3 is 0 Å². The topological polar surface area (TPSA) is 0 Å². The first-order valence-corrected chi connectivity index (χ1v) is 23.4. The van der Waals surface area contributed by atoms with Crippen LogP contribution in [0.2, 0.25) is 0 Å². The van der Waals surface area contributed by atoms with Gasteiger partial charge in [0.15, 0.2) is 0 Å². The van der Waals surface area contributed by atoms with Crippen LogP contribution in [-0.2, 0) is 12.8 Å². The molecule has 0 N–H and O–H groups in total. The van der Waals surface area contributed by atoms with Crippen LogP contribution in [0.15, 0.2) is 59.3 Å². The summed E-state index contributed by atoms with van der Waals surface area (Å²) >= 11 is 9.76. The lowest BCUT2D eigenvalue weighted by Gasteiger charge is -2.00. The van der Waals surface area contributed by atoms with Crippen LogP contribution >= 0.6 is 56.7 Å².